The molecule has 0 aliphatic heterocycles. The van der Waals surface area contributed by atoms with E-state index in [4.69, 9.17) is 0 Å². The van der Waals surface area contributed by atoms with Gasteiger partial charge >= 0.3 is 0 Å². The van der Waals surface area contributed by atoms with Crippen molar-refractivity contribution in [3.8, 4) is 0 Å². The summed E-state index contributed by atoms with van der Waals surface area (Å²) in [6.07, 6.45) is 3.39. The SMILES string of the molecule is CS(=O)C(=Cc1ccccc1)P(=O)(c1ccccc1)c1ccccc1. The average Bonchev–Trinajstić information content (AvgIpc) is 2.67. The fourth-order valence-electron chi connectivity index (χ4n) is 2.73. The molecule has 0 aromatic heterocycles. The van der Waals surface area contributed by atoms with Gasteiger partial charge in [-0.3, -0.25) is 4.21 Å². The lowest BCUT2D eigenvalue weighted by atomic mass is 10.2. The van der Waals surface area contributed by atoms with Gasteiger partial charge in [0.25, 0.3) is 0 Å². The number of hydrogen-bond acceptors (Lipinski definition) is 2. The van der Waals surface area contributed by atoms with E-state index in [1.807, 2.05) is 91.0 Å². The van der Waals surface area contributed by atoms with Crippen molar-refractivity contribution in [2.75, 3.05) is 6.26 Å². The number of benzene rings is 3. The second-order valence-electron chi connectivity index (χ2n) is 5.63. The quantitative estimate of drug-likeness (QED) is 0.628. The lowest BCUT2D eigenvalue weighted by Gasteiger charge is -2.21. The summed E-state index contributed by atoms with van der Waals surface area (Å²) in [5, 5.41) is 1.39. The Bertz CT molecular complexity index is 892. The van der Waals surface area contributed by atoms with E-state index in [1.165, 1.54) is 0 Å². The third-order valence-electron chi connectivity index (χ3n) is 3.93. The highest BCUT2D eigenvalue weighted by molar-refractivity contribution is 8.04. The monoisotopic (exact) mass is 366 g/mol. The van der Waals surface area contributed by atoms with E-state index in [-0.39, 0.29) is 0 Å². The number of hydrogen-bond donors (Lipinski definition) is 0. The zero-order valence-corrected chi connectivity index (χ0v) is 15.6. The van der Waals surface area contributed by atoms with Crippen molar-refractivity contribution in [3.63, 3.8) is 0 Å². The van der Waals surface area contributed by atoms with Gasteiger partial charge in [-0.15, -0.1) is 0 Å². The molecule has 0 saturated heterocycles. The largest absolute Gasteiger partial charge is 0.308 e. The molecule has 25 heavy (non-hydrogen) atoms. The summed E-state index contributed by atoms with van der Waals surface area (Å²) < 4.78 is 27.4. The zero-order valence-electron chi connectivity index (χ0n) is 13.9. The third-order valence-corrected chi connectivity index (χ3v) is 8.98. The summed E-state index contributed by atoms with van der Waals surface area (Å²) in [7, 11) is -4.57. The molecular formula is C21H19O2PS. The van der Waals surface area contributed by atoms with Crippen molar-refractivity contribution in [3.05, 3.63) is 101 Å². The van der Waals surface area contributed by atoms with Gasteiger partial charge in [-0.25, -0.2) is 0 Å². The predicted octanol–water partition coefficient (Wildman–Crippen LogP) is 4.38. The van der Waals surface area contributed by atoms with Crippen LogP contribution in [0.25, 0.3) is 6.08 Å². The molecule has 0 amide bonds. The molecule has 0 N–H and O–H groups in total. The maximum atomic E-state index is 14.3. The topological polar surface area (TPSA) is 34.1 Å². The van der Waals surface area contributed by atoms with Crippen LogP contribution < -0.4 is 10.6 Å². The Morgan fingerprint density at radius 2 is 1.16 bits per heavy atom. The molecule has 0 radical (unpaired) electrons. The average molecular weight is 366 g/mol. The first kappa shape index (κ1) is 17.6. The minimum absolute atomic E-state index is 0.455. The van der Waals surface area contributed by atoms with E-state index in [2.05, 4.69) is 0 Å². The van der Waals surface area contributed by atoms with Gasteiger partial charge in [0.15, 0.2) is 7.14 Å². The van der Waals surface area contributed by atoms with E-state index in [9.17, 15) is 8.77 Å². The fourth-order valence-corrected chi connectivity index (χ4v) is 7.43. The summed E-state index contributed by atoms with van der Waals surface area (Å²) in [6, 6.07) is 28.2. The van der Waals surface area contributed by atoms with Gasteiger partial charge in [0.05, 0.1) is 15.4 Å². The molecule has 4 heteroatoms. The van der Waals surface area contributed by atoms with Crippen LogP contribution in [0, 0.1) is 0 Å². The zero-order chi connectivity index (χ0) is 17.7. The molecule has 0 bridgehead atoms. The molecule has 0 heterocycles. The Labute approximate surface area is 151 Å². The van der Waals surface area contributed by atoms with E-state index < -0.39 is 17.9 Å². The number of rotatable bonds is 5. The molecule has 0 fully saturated rings. The lowest BCUT2D eigenvalue weighted by Crippen LogP contribution is -2.19. The standard InChI is InChI=1S/C21H19O2PS/c1-25(23)21(17-18-11-5-2-6-12-18)24(22,19-13-7-3-8-14-19)20-15-9-4-10-16-20/h2-17H,1H3. The van der Waals surface area contributed by atoms with Crippen molar-refractivity contribution < 1.29 is 8.77 Å². The highest BCUT2D eigenvalue weighted by Gasteiger charge is 2.34. The van der Waals surface area contributed by atoms with Gasteiger partial charge in [-0.2, -0.15) is 0 Å². The maximum Gasteiger partial charge on any atom is 0.179 e. The molecule has 1 unspecified atom stereocenters. The minimum atomic E-state index is -3.19. The van der Waals surface area contributed by atoms with Crippen molar-refractivity contribution in [2.45, 2.75) is 0 Å². The van der Waals surface area contributed by atoms with E-state index in [0.29, 0.717) is 15.3 Å². The van der Waals surface area contributed by atoms with E-state index in [0.717, 1.165) is 5.56 Å². The van der Waals surface area contributed by atoms with Crippen LogP contribution in [-0.4, -0.2) is 10.5 Å². The van der Waals surface area contributed by atoms with Crippen LogP contribution in [-0.2, 0) is 15.4 Å². The van der Waals surface area contributed by atoms with Crippen LogP contribution in [0.2, 0.25) is 0 Å². The first-order valence-corrected chi connectivity index (χ1v) is 11.2. The van der Waals surface area contributed by atoms with E-state index >= 15 is 0 Å². The maximum absolute atomic E-state index is 14.3. The van der Waals surface area contributed by atoms with Gasteiger partial charge < -0.3 is 4.57 Å². The highest BCUT2D eigenvalue weighted by Crippen LogP contribution is 2.53. The molecule has 126 valence electrons. The highest BCUT2D eigenvalue weighted by atomic mass is 32.2. The fraction of sp³-hybridized carbons (Fsp3) is 0.0476. The predicted molar refractivity (Wildman–Crippen MR) is 108 cm³/mol. The van der Waals surface area contributed by atoms with Gasteiger partial charge in [-0.05, 0) is 11.6 Å². The second kappa shape index (κ2) is 7.77. The molecule has 0 aliphatic carbocycles. The van der Waals surface area contributed by atoms with Crippen LogP contribution in [0.4, 0.5) is 0 Å². The lowest BCUT2D eigenvalue weighted by molar-refractivity contribution is 0.591. The second-order valence-corrected chi connectivity index (χ2v) is 10.0. The summed E-state index contributed by atoms with van der Waals surface area (Å²) in [5.74, 6) is 0. The van der Waals surface area contributed by atoms with Crippen LogP contribution in [0.15, 0.2) is 95.6 Å². The summed E-state index contributed by atoms with van der Waals surface area (Å²) in [4.78, 5) is 0. The van der Waals surface area contributed by atoms with Crippen LogP contribution in [0.1, 0.15) is 5.56 Å². The molecular weight excluding hydrogens is 347 g/mol. The first-order valence-electron chi connectivity index (χ1n) is 7.94. The van der Waals surface area contributed by atoms with Crippen LogP contribution >= 0.6 is 7.14 Å². The van der Waals surface area contributed by atoms with Crippen LogP contribution in [0.5, 0.6) is 0 Å². The Morgan fingerprint density at radius 3 is 1.56 bits per heavy atom. The van der Waals surface area contributed by atoms with Crippen molar-refractivity contribution >= 4 is 34.6 Å². The molecule has 3 rings (SSSR count). The Morgan fingerprint density at radius 1 is 0.760 bits per heavy atom. The summed E-state index contributed by atoms with van der Waals surface area (Å²) in [6.45, 7) is 0. The Kier molecular flexibility index (Phi) is 5.47. The molecule has 2 nitrogen and oxygen atoms in total. The molecule has 3 aromatic rings. The van der Waals surface area contributed by atoms with Gasteiger partial charge in [0.1, 0.15) is 0 Å². The van der Waals surface area contributed by atoms with E-state index in [1.54, 1.807) is 12.3 Å². The smallest absolute Gasteiger partial charge is 0.179 e. The third kappa shape index (κ3) is 3.73. The van der Waals surface area contributed by atoms with Crippen molar-refractivity contribution in [2.24, 2.45) is 0 Å². The molecule has 0 saturated carbocycles. The Balaban J connectivity index is 2.28. The van der Waals surface area contributed by atoms with Gasteiger partial charge in [0.2, 0.25) is 0 Å². The Hall–Kier alpha value is -2.22. The van der Waals surface area contributed by atoms with Gasteiger partial charge in [0, 0.05) is 16.9 Å². The minimum Gasteiger partial charge on any atom is -0.308 e. The van der Waals surface area contributed by atoms with Crippen LogP contribution in [0.3, 0.4) is 0 Å². The molecule has 0 aliphatic rings. The summed E-state index contributed by atoms with van der Waals surface area (Å²) in [5.41, 5.74) is 0.889. The molecule has 1 atom stereocenters. The molecule has 0 spiro atoms. The normalized spacial score (nSPS) is 13.4. The van der Waals surface area contributed by atoms with Crippen molar-refractivity contribution in [1.82, 2.24) is 0 Å². The molecule has 3 aromatic carbocycles. The first-order chi connectivity index (χ1) is 12.1. The summed E-state index contributed by atoms with van der Waals surface area (Å²) >= 11 is 0. The van der Waals surface area contributed by atoms with Crippen molar-refractivity contribution in [1.29, 1.82) is 0 Å². The van der Waals surface area contributed by atoms with Gasteiger partial charge in [-0.1, -0.05) is 91.0 Å².